The van der Waals surface area contributed by atoms with Gasteiger partial charge in [0.2, 0.25) is 0 Å². The maximum Gasteiger partial charge on any atom is 0.125 e. The maximum absolute atomic E-state index is 5.65. The molecule has 1 unspecified atom stereocenters. The Morgan fingerprint density at radius 3 is 2.38 bits per heavy atom. The molecule has 0 spiro atoms. The molecule has 2 nitrogen and oxygen atoms in total. The lowest BCUT2D eigenvalue weighted by molar-refractivity contribution is 0.382. The minimum Gasteiger partial charge on any atom is -0.467 e. The smallest absolute Gasteiger partial charge is 0.125 e. The molecule has 1 heterocycles. The average molecular weight is 283 g/mol. The number of nitrogens with one attached hydrogen (secondary N) is 1. The average Bonchev–Trinajstić information content (AvgIpc) is 2.92. The van der Waals surface area contributed by atoms with Crippen molar-refractivity contribution < 1.29 is 4.42 Å². The summed E-state index contributed by atoms with van der Waals surface area (Å²) in [6, 6.07) is 14.8. The van der Waals surface area contributed by atoms with E-state index < -0.39 is 0 Å². The van der Waals surface area contributed by atoms with Gasteiger partial charge in [0.15, 0.2) is 0 Å². The van der Waals surface area contributed by atoms with Crippen molar-refractivity contribution in [2.45, 2.75) is 44.6 Å². The summed E-state index contributed by atoms with van der Waals surface area (Å²) in [5, 5.41) is 3.74. The molecule has 1 fully saturated rings. The van der Waals surface area contributed by atoms with Crippen LogP contribution < -0.4 is 5.32 Å². The summed E-state index contributed by atoms with van der Waals surface area (Å²) in [5.74, 6) is 1.82. The fourth-order valence-electron chi connectivity index (χ4n) is 3.34. The van der Waals surface area contributed by atoms with Crippen molar-refractivity contribution in [3.8, 4) is 0 Å². The lowest BCUT2D eigenvalue weighted by atomic mass is 9.98. The van der Waals surface area contributed by atoms with E-state index in [2.05, 4.69) is 41.7 Å². The van der Waals surface area contributed by atoms with E-state index in [-0.39, 0.29) is 6.04 Å². The highest BCUT2D eigenvalue weighted by atomic mass is 16.3. The second kappa shape index (κ2) is 7.46. The Bertz CT molecular complexity index is 498. The zero-order chi connectivity index (χ0) is 14.3. The molecule has 21 heavy (non-hydrogen) atoms. The first-order chi connectivity index (χ1) is 10.4. The van der Waals surface area contributed by atoms with E-state index in [4.69, 9.17) is 4.42 Å². The predicted octanol–water partition coefficient (Wildman–Crippen LogP) is 4.93. The van der Waals surface area contributed by atoms with Crippen LogP contribution in [0.2, 0.25) is 0 Å². The highest BCUT2D eigenvalue weighted by Gasteiger charge is 2.19. The van der Waals surface area contributed by atoms with Crippen LogP contribution in [0.15, 0.2) is 53.1 Å². The van der Waals surface area contributed by atoms with Gasteiger partial charge in [-0.05, 0) is 43.0 Å². The molecular formula is C19H25NO. The molecule has 1 N–H and O–H groups in total. The van der Waals surface area contributed by atoms with Gasteiger partial charge in [-0.3, -0.25) is 0 Å². The number of rotatable bonds is 5. The molecule has 0 aliphatic heterocycles. The molecule has 2 aromatic rings. The summed E-state index contributed by atoms with van der Waals surface area (Å²) in [7, 11) is 0. The van der Waals surface area contributed by atoms with Gasteiger partial charge in [-0.1, -0.05) is 56.0 Å². The second-order valence-corrected chi connectivity index (χ2v) is 6.12. The van der Waals surface area contributed by atoms with Crippen molar-refractivity contribution in [1.82, 2.24) is 5.32 Å². The largest absolute Gasteiger partial charge is 0.467 e. The van der Waals surface area contributed by atoms with Gasteiger partial charge in [-0.25, -0.2) is 0 Å². The molecule has 112 valence electrons. The Morgan fingerprint density at radius 2 is 1.71 bits per heavy atom. The van der Waals surface area contributed by atoms with Crippen molar-refractivity contribution in [3.63, 3.8) is 0 Å². The molecule has 0 saturated heterocycles. The van der Waals surface area contributed by atoms with Crippen LogP contribution in [-0.2, 0) is 0 Å². The van der Waals surface area contributed by atoms with Gasteiger partial charge in [-0.15, -0.1) is 0 Å². The molecular weight excluding hydrogens is 258 g/mol. The maximum atomic E-state index is 5.65. The van der Waals surface area contributed by atoms with Gasteiger partial charge in [0.05, 0.1) is 12.3 Å². The summed E-state index contributed by atoms with van der Waals surface area (Å²) in [6.45, 7) is 1.08. The van der Waals surface area contributed by atoms with Gasteiger partial charge in [-0.2, -0.15) is 0 Å². The quantitative estimate of drug-likeness (QED) is 0.787. The minimum atomic E-state index is 0.171. The van der Waals surface area contributed by atoms with Crippen LogP contribution in [0.3, 0.4) is 0 Å². The predicted molar refractivity (Wildman–Crippen MR) is 86.2 cm³/mol. The highest BCUT2D eigenvalue weighted by molar-refractivity contribution is 5.26. The monoisotopic (exact) mass is 283 g/mol. The minimum absolute atomic E-state index is 0.171. The molecule has 1 aliphatic carbocycles. The van der Waals surface area contributed by atoms with E-state index in [1.165, 1.54) is 44.1 Å². The molecule has 0 amide bonds. The van der Waals surface area contributed by atoms with Gasteiger partial charge in [0.1, 0.15) is 5.76 Å². The summed E-state index contributed by atoms with van der Waals surface area (Å²) >= 11 is 0. The number of benzene rings is 1. The van der Waals surface area contributed by atoms with E-state index in [0.717, 1.165) is 18.2 Å². The van der Waals surface area contributed by atoms with Crippen LogP contribution in [0, 0.1) is 5.92 Å². The normalized spacial score (nSPS) is 18.3. The Kier molecular flexibility index (Phi) is 5.12. The Hall–Kier alpha value is -1.54. The van der Waals surface area contributed by atoms with Crippen LogP contribution in [0.1, 0.15) is 55.9 Å². The van der Waals surface area contributed by atoms with Gasteiger partial charge in [0.25, 0.3) is 0 Å². The van der Waals surface area contributed by atoms with Gasteiger partial charge < -0.3 is 9.73 Å². The fourth-order valence-corrected chi connectivity index (χ4v) is 3.34. The van der Waals surface area contributed by atoms with Crippen molar-refractivity contribution in [1.29, 1.82) is 0 Å². The standard InChI is InChI=1S/C19H25NO/c1-2-5-10-16(9-4-1)15-20-19(18-13-8-14-21-18)17-11-6-3-7-12-17/h3,6-8,11-14,16,19-20H,1-2,4-5,9-10,15H2. The van der Waals surface area contributed by atoms with E-state index in [1.807, 2.05) is 6.07 Å². The Morgan fingerprint density at radius 1 is 0.952 bits per heavy atom. The molecule has 0 bridgehead atoms. The van der Waals surface area contributed by atoms with E-state index in [1.54, 1.807) is 6.26 Å². The van der Waals surface area contributed by atoms with Gasteiger partial charge >= 0.3 is 0 Å². The van der Waals surface area contributed by atoms with Crippen molar-refractivity contribution in [3.05, 3.63) is 60.1 Å². The van der Waals surface area contributed by atoms with Crippen LogP contribution >= 0.6 is 0 Å². The second-order valence-electron chi connectivity index (χ2n) is 6.12. The van der Waals surface area contributed by atoms with Crippen LogP contribution in [0.25, 0.3) is 0 Å². The van der Waals surface area contributed by atoms with Crippen LogP contribution in [-0.4, -0.2) is 6.54 Å². The number of hydrogen-bond donors (Lipinski definition) is 1. The SMILES string of the molecule is c1ccc(C(NCC2CCCCCC2)c2ccco2)cc1. The molecule has 1 atom stereocenters. The highest BCUT2D eigenvalue weighted by Crippen LogP contribution is 2.26. The molecule has 1 aromatic carbocycles. The first-order valence-corrected chi connectivity index (χ1v) is 8.25. The summed E-state index contributed by atoms with van der Waals surface area (Å²) in [4.78, 5) is 0. The third-order valence-electron chi connectivity index (χ3n) is 4.55. The summed E-state index contributed by atoms with van der Waals surface area (Å²) < 4.78 is 5.65. The molecule has 1 saturated carbocycles. The third kappa shape index (κ3) is 3.98. The summed E-state index contributed by atoms with van der Waals surface area (Å²) in [5.41, 5.74) is 1.28. The number of furan rings is 1. The fraction of sp³-hybridized carbons (Fsp3) is 0.474. The lowest BCUT2D eigenvalue weighted by Crippen LogP contribution is -2.28. The molecule has 0 radical (unpaired) electrons. The number of hydrogen-bond acceptors (Lipinski definition) is 2. The van der Waals surface area contributed by atoms with Crippen molar-refractivity contribution in [2.75, 3.05) is 6.54 Å². The summed E-state index contributed by atoms with van der Waals surface area (Å²) in [6.07, 6.45) is 10.1. The topological polar surface area (TPSA) is 25.2 Å². The molecule has 1 aromatic heterocycles. The van der Waals surface area contributed by atoms with E-state index >= 15 is 0 Å². The van der Waals surface area contributed by atoms with Crippen LogP contribution in [0.4, 0.5) is 0 Å². The molecule has 2 heteroatoms. The Labute approximate surface area is 127 Å². The van der Waals surface area contributed by atoms with Crippen molar-refractivity contribution >= 4 is 0 Å². The zero-order valence-corrected chi connectivity index (χ0v) is 12.6. The molecule has 3 rings (SSSR count). The van der Waals surface area contributed by atoms with E-state index in [0.29, 0.717) is 0 Å². The third-order valence-corrected chi connectivity index (χ3v) is 4.55. The molecule has 1 aliphatic rings. The van der Waals surface area contributed by atoms with Crippen molar-refractivity contribution in [2.24, 2.45) is 5.92 Å². The first kappa shape index (κ1) is 14.4. The van der Waals surface area contributed by atoms with E-state index in [9.17, 15) is 0 Å². The lowest BCUT2D eigenvalue weighted by Gasteiger charge is -2.21. The first-order valence-electron chi connectivity index (χ1n) is 8.25. The zero-order valence-electron chi connectivity index (χ0n) is 12.6. The van der Waals surface area contributed by atoms with Gasteiger partial charge in [0, 0.05) is 0 Å². The van der Waals surface area contributed by atoms with Crippen LogP contribution in [0.5, 0.6) is 0 Å². The Balaban J connectivity index is 1.68.